The molecule has 0 saturated carbocycles. The predicted molar refractivity (Wildman–Crippen MR) is 68.3 cm³/mol. The number of rotatable bonds is 2. The van der Waals surface area contributed by atoms with Crippen LogP contribution in [0.5, 0.6) is 0 Å². The van der Waals surface area contributed by atoms with Gasteiger partial charge >= 0.3 is 0 Å². The Bertz CT molecular complexity index is 540. The number of nitrogens with zero attached hydrogens (tertiary/aromatic N) is 1. The maximum atomic E-state index is 13.7. The van der Waals surface area contributed by atoms with E-state index < -0.39 is 0 Å². The second-order valence-electron chi connectivity index (χ2n) is 3.56. The second-order valence-corrected chi connectivity index (χ2v) is 4.47. The molecule has 84 valence electrons. The van der Waals surface area contributed by atoms with Gasteiger partial charge in [-0.25, -0.2) is 9.37 Å². The van der Waals surface area contributed by atoms with Crippen LogP contribution >= 0.6 is 15.9 Å². The van der Waals surface area contributed by atoms with Crippen molar-refractivity contribution in [1.29, 1.82) is 0 Å². The Kier molecular flexibility index (Phi) is 3.10. The molecular formula is C12H12BrFN2. The normalized spacial score (nSPS) is 10.8. The molecule has 0 aliphatic carbocycles. The van der Waals surface area contributed by atoms with Crippen molar-refractivity contribution in [2.45, 2.75) is 13.3 Å². The minimum Gasteiger partial charge on any atom is -0.373 e. The Balaban J connectivity index is 2.78. The van der Waals surface area contributed by atoms with Gasteiger partial charge in [0.25, 0.3) is 0 Å². The molecule has 16 heavy (non-hydrogen) atoms. The van der Waals surface area contributed by atoms with Gasteiger partial charge in [-0.3, -0.25) is 0 Å². The van der Waals surface area contributed by atoms with Crippen LogP contribution in [0, 0.1) is 5.82 Å². The summed E-state index contributed by atoms with van der Waals surface area (Å²) in [4.78, 5) is 4.30. The summed E-state index contributed by atoms with van der Waals surface area (Å²) in [6.45, 7) is 2.05. The fourth-order valence-corrected chi connectivity index (χ4v) is 2.19. The molecule has 1 aromatic heterocycles. The van der Waals surface area contributed by atoms with Crippen molar-refractivity contribution in [1.82, 2.24) is 4.98 Å². The molecule has 1 heterocycles. The standard InChI is InChI=1S/C12H12BrFN2/c1-3-7-4-8-5-9(13)6-10(14)11(8)16-12(7)15-2/h4-6H,3H2,1-2H3,(H,15,16). The highest BCUT2D eigenvalue weighted by Gasteiger charge is 2.08. The summed E-state index contributed by atoms with van der Waals surface area (Å²) in [6.07, 6.45) is 0.868. The zero-order valence-electron chi connectivity index (χ0n) is 9.14. The fraction of sp³-hybridized carbons (Fsp3) is 0.250. The number of aryl methyl sites for hydroxylation is 1. The molecule has 0 unspecified atom stereocenters. The Morgan fingerprint density at radius 1 is 1.38 bits per heavy atom. The average Bonchev–Trinajstić information content (AvgIpc) is 2.27. The van der Waals surface area contributed by atoms with Gasteiger partial charge in [-0.15, -0.1) is 0 Å². The first-order valence-electron chi connectivity index (χ1n) is 5.12. The molecule has 0 aliphatic rings. The quantitative estimate of drug-likeness (QED) is 0.908. The van der Waals surface area contributed by atoms with Gasteiger partial charge in [-0.05, 0) is 30.2 Å². The first kappa shape index (κ1) is 11.3. The van der Waals surface area contributed by atoms with Crippen molar-refractivity contribution in [3.05, 3.63) is 34.1 Å². The molecule has 1 aromatic carbocycles. The van der Waals surface area contributed by atoms with Crippen LogP contribution in [-0.2, 0) is 6.42 Å². The molecule has 0 radical (unpaired) electrons. The van der Waals surface area contributed by atoms with E-state index in [1.807, 2.05) is 12.1 Å². The zero-order chi connectivity index (χ0) is 11.7. The first-order chi connectivity index (χ1) is 7.65. The molecule has 0 atom stereocenters. The lowest BCUT2D eigenvalue weighted by Gasteiger charge is -2.09. The number of nitrogens with one attached hydrogen (secondary N) is 1. The Morgan fingerprint density at radius 2 is 2.12 bits per heavy atom. The van der Waals surface area contributed by atoms with E-state index in [-0.39, 0.29) is 5.82 Å². The van der Waals surface area contributed by atoms with E-state index in [1.54, 1.807) is 7.05 Å². The molecule has 4 heteroatoms. The first-order valence-corrected chi connectivity index (χ1v) is 5.91. The molecular weight excluding hydrogens is 271 g/mol. The molecule has 0 fully saturated rings. The SMILES string of the molecule is CCc1cc2cc(Br)cc(F)c2nc1NC. The van der Waals surface area contributed by atoms with Crippen molar-refractivity contribution in [2.24, 2.45) is 0 Å². The average molecular weight is 283 g/mol. The summed E-state index contributed by atoms with van der Waals surface area (Å²) in [7, 11) is 1.80. The van der Waals surface area contributed by atoms with Crippen molar-refractivity contribution >= 4 is 32.7 Å². The molecule has 1 N–H and O–H groups in total. The van der Waals surface area contributed by atoms with E-state index >= 15 is 0 Å². The number of pyridine rings is 1. The fourth-order valence-electron chi connectivity index (χ4n) is 1.74. The lowest BCUT2D eigenvalue weighted by atomic mass is 10.1. The van der Waals surface area contributed by atoms with Gasteiger partial charge in [0.1, 0.15) is 11.3 Å². The van der Waals surface area contributed by atoms with E-state index in [2.05, 4.69) is 33.2 Å². The van der Waals surface area contributed by atoms with E-state index in [0.717, 1.165) is 27.7 Å². The largest absolute Gasteiger partial charge is 0.373 e. The van der Waals surface area contributed by atoms with Gasteiger partial charge in [0.15, 0.2) is 5.82 Å². The molecule has 2 aromatic rings. The van der Waals surface area contributed by atoms with Crippen molar-refractivity contribution < 1.29 is 4.39 Å². The van der Waals surface area contributed by atoms with Crippen LogP contribution < -0.4 is 5.32 Å². The van der Waals surface area contributed by atoms with Crippen LogP contribution in [0.3, 0.4) is 0 Å². The number of aromatic nitrogens is 1. The van der Waals surface area contributed by atoms with Crippen LogP contribution in [0.15, 0.2) is 22.7 Å². The van der Waals surface area contributed by atoms with Crippen molar-refractivity contribution in [3.8, 4) is 0 Å². The van der Waals surface area contributed by atoms with E-state index in [4.69, 9.17) is 0 Å². The second kappa shape index (κ2) is 4.37. The van der Waals surface area contributed by atoms with E-state index in [1.165, 1.54) is 6.07 Å². The number of hydrogen-bond donors (Lipinski definition) is 1. The van der Waals surface area contributed by atoms with E-state index in [0.29, 0.717) is 5.52 Å². The minimum atomic E-state index is -0.302. The smallest absolute Gasteiger partial charge is 0.150 e. The third-order valence-corrected chi connectivity index (χ3v) is 2.99. The zero-order valence-corrected chi connectivity index (χ0v) is 10.7. The molecule has 0 bridgehead atoms. The topological polar surface area (TPSA) is 24.9 Å². The Morgan fingerprint density at radius 3 is 2.75 bits per heavy atom. The van der Waals surface area contributed by atoms with E-state index in [9.17, 15) is 4.39 Å². The molecule has 0 spiro atoms. The van der Waals surface area contributed by atoms with Gasteiger partial charge in [-0.1, -0.05) is 22.9 Å². The number of anilines is 1. The highest BCUT2D eigenvalue weighted by Crippen LogP contribution is 2.26. The summed E-state index contributed by atoms with van der Waals surface area (Å²) in [5, 5.41) is 3.81. The van der Waals surface area contributed by atoms with Crippen LogP contribution in [0.1, 0.15) is 12.5 Å². The highest BCUT2D eigenvalue weighted by atomic mass is 79.9. The maximum Gasteiger partial charge on any atom is 0.150 e. The van der Waals surface area contributed by atoms with Crippen LogP contribution in [0.4, 0.5) is 10.2 Å². The van der Waals surface area contributed by atoms with Gasteiger partial charge in [-0.2, -0.15) is 0 Å². The van der Waals surface area contributed by atoms with Gasteiger partial charge < -0.3 is 5.32 Å². The number of hydrogen-bond acceptors (Lipinski definition) is 2. The lowest BCUT2D eigenvalue weighted by molar-refractivity contribution is 0.636. The highest BCUT2D eigenvalue weighted by molar-refractivity contribution is 9.10. The van der Waals surface area contributed by atoms with Gasteiger partial charge in [0.2, 0.25) is 0 Å². The maximum absolute atomic E-state index is 13.7. The Hall–Kier alpha value is -1.16. The Labute approximate surface area is 102 Å². The molecule has 0 aliphatic heterocycles. The van der Waals surface area contributed by atoms with Gasteiger partial charge in [0, 0.05) is 16.9 Å². The number of halogens is 2. The van der Waals surface area contributed by atoms with Crippen LogP contribution in [0.25, 0.3) is 10.9 Å². The summed E-state index contributed by atoms with van der Waals surface area (Å²) < 4.78 is 14.4. The van der Waals surface area contributed by atoms with Crippen molar-refractivity contribution in [3.63, 3.8) is 0 Å². The van der Waals surface area contributed by atoms with Crippen LogP contribution in [-0.4, -0.2) is 12.0 Å². The molecule has 0 saturated heterocycles. The van der Waals surface area contributed by atoms with Crippen molar-refractivity contribution in [2.75, 3.05) is 12.4 Å². The summed E-state index contributed by atoms with van der Waals surface area (Å²) in [5.74, 6) is 0.444. The van der Waals surface area contributed by atoms with Gasteiger partial charge in [0.05, 0.1) is 0 Å². The molecule has 2 nitrogen and oxygen atoms in total. The number of fused-ring (bicyclic) bond motifs is 1. The molecule has 2 rings (SSSR count). The third kappa shape index (κ3) is 1.89. The van der Waals surface area contributed by atoms with Crippen LogP contribution in [0.2, 0.25) is 0 Å². The molecule has 0 amide bonds. The summed E-state index contributed by atoms with van der Waals surface area (Å²) in [5.41, 5.74) is 1.50. The minimum absolute atomic E-state index is 0.302. The summed E-state index contributed by atoms with van der Waals surface area (Å²) >= 11 is 3.28. The third-order valence-electron chi connectivity index (χ3n) is 2.53. The lowest BCUT2D eigenvalue weighted by Crippen LogP contribution is -1.99. The predicted octanol–water partition coefficient (Wildman–Crippen LogP) is 3.74. The summed E-state index contributed by atoms with van der Waals surface area (Å²) in [6, 6.07) is 5.28. The monoisotopic (exact) mass is 282 g/mol. The number of benzene rings is 1.